The Labute approximate surface area is 127 Å². The first-order valence-electron chi connectivity index (χ1n) is 6.46. The van der Waals surface area contributed by atoms with Gasteiger partial charge in [0.2, 0.25) is 5.95 Å². The van der Waals surface area contributed by atoms with Crippen molar-refractivity contribution in [3.05, 3.63) is 41.2 Å². The smallest absolute Gasteiger partial charge is 0.269 e. The van der Waals surface area contributed by atoms with Crippen LogP contribution in [0.15, 0.2) is 24.3 Å². The standard InChI is InChI=1S/C14H17N5O3/c1-8-12(13(20)19-16)9(18-14(15)17-8)7-22-11-6-4-3-5-10(11)21-2/h3-6H,7,16H2,1-2H3,(H,19,20)(H2,15,17,18). The molecule has 1 amide bonds. The molecule has 0 spiro atoms. The van der Waals surface area contributed by atoms with E-state index in [-0.39, 0.29) is 18.1 Å². The number of amides is 1. The van der Waals surface area contributed by atoms with Crippen molar-refractivity contribution in [2.24, 2.45) is 5.84 Å². The van der Waals surface area contributed by atoms with E-state index in [4.69, 9.17) is 21.1 Å². The first-order chi connectivity index (χ1) is 10.6. The van der Waals surface area contributed by atoms with Gasteiger partial charge in [0, 0.05) is 0 Å². The summed E-state index contributed by atoms with van der Waals surface area (Å²) in [6, 6.07) is 7.15. The molecule has 0 bridgehead atoms. The highest BCUT2D eigenvalue weighted by Gasteiger charge is 2.18. The molecule has 0 aliphatic heterocycles. The minimum Gasteiger partial charge on any atom is -0.493 e. The van der Waals surface area contributed by atoms with Crippen molar-refractivity contribution in [3.8, 4) is 11.5 Å². The van der Waals surface area contributed by atoms with E-state index < -0.39 is 5.91 Å². The third-order valence-electron chi connectivity index (χ3n) is 2.97. The van der Waals surface area contributed by atoms with Crippen molar-refractivity contribution in [2.45, 2.75) is 13.5 Å². The summed E-state index contributed by atoms with van der Waals surface area (Å²) in [5.74, 6) is 5.84. The van der Waals surface area contributed by atoms with Crippen LogP contribution in [-0.4, -0.2) is 23.0 Å². The van der Waals surface area contributed by atoms with Crippen LogP contribution in [0, 0.1) is 6.92 Å². The summed E-state index contributed by atoms with van der Waals surface area (Å²) in [4.78, 5) is 19.9. The molecule has 0 saturated carbocycles. The highest BCUT2D eigenvalue weighted by atomic mass is 16.5. The summed E-state index contributed by atoms with van der Waals surface area (Å²) in [5.41, 5.74) is 8.71. The van der Waals surface area contributed by atoms with Crippen molar-refractivity contribution in [2.75, 3.05) is 12.8 Å². The molecule has 0 atom stereocenters. The Kier molecular flexibility index (Phi) is 4.74. The number of nitrogens with one attached hydrogen (secondary N) is 1. The lowest BCUT2D eigenvalue weighted by Gasteiger charge is -2.13. The second-order valence-corrected chi connectivity index (χ2v) is 4.40. The van der Waals surface area contributed by atoms with Gasteiger partial charge in [-0.05, 0) is 19.1 Å². The first kappa shape index (κ1) is 15.5. The number of nitrogen functional groups attached to an aromatic ring is 2. The van der Waals surface area contributed by atoms with E-state index in [1.165, 1.54) is 0 Å². The van der Waals surface area contributed by atoms with Crippen LogP contribution in [0.3, 0.4) is 0 Å². The van der Waals surface area contributed by atoms with Crippen LogP contribution in [0.1, 0.15) is 21.7 Å². The highest BCUT2D eigenvalue weighted by Crippen LogP contribution is 2.27. The largest absolute Gasteiger partial charge is 0.493 e. The lowest BCUT2D eigenvalue weighted by molar-refractivity contribution is 0.0949. The fourth-order valence-electron chi connectivity index (χ4n) is 2.01. The summed E-state index contributed by atoms with van der Waals surface area (Å²) in [6.45, 7) is 1.67. The van der Waals surface area contributed by atoms with Crippen LogP contribution in [0.5, 0.6) is 11.5 Å². The van der Waals surface area contributed by atoms with Crippen LogP contribution < -0.4 is 26.5 Å². The Balaban J connectivity index is 2.31. The van der Waals surface area contributed by atoms with E-state index in [2.05, 4.69) is 15.4 Å². The number of aromatic nitrogens is 2. The van der Waals surface area contributed by atoms with Gasteiger partial charge in [-0.1, -0.05) is 12.1 Å². The SMILES string of the molecule is COc1ccccc1OCc1nc(N)nc(C)c1C(=O)NN. The number of carbonyl (C=O) groups excluding carboxylic acids is 1. The number of rotatable bonds is 5. The highest BCUT2D eigenvalue weighted by molar-refractivity contribution is 5.95. The lowest BCUT2D eigenvalue weighted by atomic mass is 10.1. The van der Waals surface area contributed by atoms with Crippen LogP contribution in [0.4, 0.5) is 5.95 Å². The number of hydrazine groups is 1. The fourth-order valence-corrected chi connectivity index (χ4v) is 2.01. The summed E-state index contributed by atoms with van der Waals surface area (Å²) < 4.78 is 10.9. The minimum absolute atomic E-state index is 0.0245. The Hall–Kier alpha value is -2.87. The van der Waals surface area contributed by atoms with Crippen molar-refractivity contribution < 1.29 is 14.3 Å². The van der Waals surface area contributed by atoms with Crippen molar-refractivity contribution >= 4 is 11.9 Å². The molecule has 8 heteroatoms. The Morgan fingerprint density at radius 2 is 1.95 bits per heavy atom. The molecule has 2 rings (SSSR count). The van der Waals surface area contributed by atoms with Gasteiger partial charge in [-0.15, -0.1) is 0 Å². The Bertz CT molecular complexity index is 690. The third-order valence-corrected chi connectivity index (χ3v) is 2.97. The zero-order chi connectivity index (χ0) is 16.1. The van der Waals surface area contributed by atoms with Crippen molar-refractivity contribution in [1.29, 1.82) is 0 Å². The van der Waals surface area contributed by atoms with Gasteiger partial charge in [-0.3, -0.25) is 10.2 Å². The van der Waals surface area contributed by atoms with E-state index in [0.29, 0.717) is 22.9 Å². The van der Waals surface area contributed by atoms with Gasteiger partial charge in [-0.2, -0.15) is 0 Å². The number of para-hydroxylation sites is 2. The predicted octanol–water partition coefficient (Wildman–Crippen LogP) is 0.558. The average molecular weight is 303 g/mol. The van der Waals surface area contributed by atoms with Gasteiger partial charge in [0.25, 0.3) is 5.91 Å². The number of anilines is 1. The Morgan fingerprint density at radius 3 is 2.59 bits per heavy atom. The zero-order valence-electron chi connectivity index (χ0n) is 12.3. The summed E-state index contributed by atoms with van der Waals surface area (Å²) >= 11 is 0. The third kappa shape index (κ3) is 3.23. The number of nitrogens with two attached hydrogens (primary N) is 2. The molecule has 116 valence electrons. The summed E-state index contributed by atoms with van der Waals surface area (Å²) in [7, 11) is 1.54. The monoisotopic (exact) mass is 303 g/mol. The maximum Gasteiger partial charge on any atom is 0.269 e. The second kappa shape index (κ2) is 6.72. The van der Waals surface area contributed by atoms with Gasteiger partial charge >= 0.3 is 0 Å². The van der Waals surface area contributed by atoms with Gasteiger partial charge in [-0.25, -0.2) is 15.8 Å². The number of benzene rings is 1. The van der Waals surface area contributed by atoms with E-state index >= 15 is 0 Å². The van der Waals surface area contributed by atoms with Crippen LogP contribution in [-0.2, 0) is 6.61 Å². The van der Waals surface area contributed by atoms with E-state index in [1.54, 1.807) is 26.2 Å². The molecule has 1 aromatic heterocycles. The predicted molar refractivity (Wildman–Crippen MR) is 80.2 cm³/mol. The Morgan fingerprint density at radius 1 is 1.27 bits per heavy atom. The number of hydrogen-bond donors (Lipinski definition) is 3. The number of aryl methyl sites for hydroxylation is 1. The van der Waals surface area contributed by atoms with Crippen LogP contribution >= 0.6 is 0 Å². The fraction of sp³-hybridized carbons (Fsp3) is 0.214. The number of carbonyl (C=O) groups is 1. The van der Waals surface area contributed by atoms with Crippen molar-refractivity contribution in [1.82, 2.24) is 15.4 Å². The molecule has 0 aliphatic rings. The van der Waals surface area contributed by atoms with E-state index in [9.17, 15) is 4.79 Å². The van der Waals surface area contributed by atoms with E-state index in [0.717, 1.165) is 0 Å². The minimum atomic E-state index is -0.504. The molecule has 22 heavy (non-hydrogen) atoms. The van der Waals surface area contributed by atoms with Crippen molar-refractivity contribution in [3.63, 3.8) is 0 Å². The normalized spacial score (nSPS) is 10.1. The summed E-state index contributed by atoms with van der Waals surface area (Å²) in [6.07, 6.45) is 0. The molecular formula is C14H17N5O3. The average Bonchev–Trinajstić information content (AvgIpc) is 2.52. The molecule has 0 fully saturated rings. The molecule has 8 nitrogen and oxygen atoms in total. The molecular weight excluding hydrogens is 286 g/mol. The van der Waals surface area contributed by atoms with Gasteiger partial charge in [0.15, 0.2) is 11.5 Å². The lowest BCUT2D eigenvalue weighted by Crippen LogP contribution is -2.32. The number of methoxy groups -OCH3 is 1. The maximum atomic E-state index is 11.9. The molecule has 1 heterocycles. The molecule has 5 N–H and O–H groups in total. The van der Waals surface area contributed by atoms with Gasteiger partial charge in [0.1, 0.15) is 6.61 Å². The van der Waals surface area contributed by atoms with Crippen LogP contribution in [0.25, 0.3) is 0 Å². The topological polar surface area (TPSA) is 125 Å². The molecule has 0 unspecified atom stereocenters. The molecule has 2 aromatic rings. The van der Waals surface area contributed by atoms with Gasteiger partial charge in [0.05, 0.1) is 24.1 Å². The first-order valence-corrected chi connectivity index (χ1v) is 6.46. The quantitative estimate of drug-likeness (QED) is 0.418. The summed E-state index contributed by atoms with van der Waals surface area (Å²) in [5, 5.41) is 0. The number of hydrogen-bond acceptors (Lipinski definition) is 7. The molecule has 0 radical (unpaired) electrons. The molecule has 0 aliphatic carbocycles. The number of ether oxygens (including phenoxy) is 2. The van der Waals surface area contributed by atoms with Gasteiger partial charge < -0.3 is 15.2 Å². The number of nitrogens with zero attached hydrogens (tertiary/aromatic N) is 2. The van der Waals surface area contributed by atoms with Crippen LogP contribution in [0.2, 0.25) is 0 Å². The maximum absolute atomic E-state index is 11.9. The molecule has 1 aromatic carbocycles. The van der Waals surface area contributed by atoms with E-state index in [1.807, 2.05) is 12.1 Å². The second-order valence-electron chi connectivity index (χ2n) is 4.40. The zero-order valence-corrected chi connectivity index (χ0v) is 12.3. The molecule has 0 saturated heterocycles.